The van der Waals surface area contributed by atoms with E-state index in [4.69, 9.17) is 9.47 Å². The van der Waals surface area contributed by atoms with E-state index in [1.807, 2.05) is 25.1 Å². The third-order valence-corrected chi connectivity index (χ3v) is 7.16. The molecule has 0 aromatic heterocycles. The van der Waals surface area contributed by atoms with Crippen LogP contribution in [-0.2, 0) is 14.8 Å². The monoisotopic (exact) mass is 432 g/mol. The summed E-state index contributed by atoms with van der Waals surface area (Å²) in [5, 5.41) is 0. The molecule has 30 heavy (non-hydrogen) atoms. The predicted octanol–water partition coefficient (Wildman–Crippen LogP) is 3.16. The Morgan fingerprint density at radius 3 is 2.57 bits per heavy atom. The molecule has 0 bridgehead atoms. The Bertz CT molecular complexity index is 975. The number of nitrogens with zero attached hydrogens (tertiary/aromatic N) is 2. The smallest absolute Gasteiger partial charge is 0.243 e. The Balaban J connectivity index is 1.74. The van der Waals surface area contributed by atoms with Gasteiger partial charge in [0.2, 0.25) is 15.9 Å². The van der Waals surface area contributed by atoms with E-state index in [-0.39, 0.29) is 17.3 Å². The largest absolute Gasteiger partial charge is 0.497 e. The van der Waals surface area contributed by atoms with Gasteiger partial charge in [-0.15, -0.1) is 0 Å². The van der Waals surface area contributed by atoms with Crippen molar-refractivity contribution in [1.82, 2.24) is 4.31 Å². The average molecular weight is 433 g/mol. The number of hydrogen-bond acceptors (Lipinski definition) is 5. The van der Waals surface area contributed by atoms with Gasteiger partial charge in [-0.2, -0.15) is 4.31 Å². The highest BCUT2D eigenvalue weighted by Gasteiger charge is 2.34. The number of carbonyl (C=O) groups excluding carboxylic acids is 1. The summed E-state index contributed by atoms with van der Waals surface area (Å²) >= 11 is 0. The minimum absolute atomic E-state index is 0.102. The van der Waals surface area contributed by atoms with Crippen molar-refractivity contribution in [3.63, 3.8) is 0 Å². The molecule has 3 rings (SSSR count). The lowest BCUT2D eigenvalue weighted by Crippen LogP contribution is -2.45. The molecule has 0 unspecified atom stereocenters. The van der Waals surface area contributed by atoms with Crippen LogP contribution in [0.4, 0.5) is 5.69 Å². The van der Waals surface area contributed by atoms with Gasteiger partial charge in [-0.3, -0.25) is 4.79 Å². The van der Waals surface area contributed by atoms with Crippen LogP contribution in [0.15, 0.2) is 53.4 Å². The fourth-order valence-corrected chi connectivity index (χ4v) is 5.13. The molecule has 8 heteroatoms. The molecule has 0 radical (unpaired) electrons. The number of amides is 1. The van der Waals surface area contributed by atoms with E-state index in [0.29, 0.717) is 43.2 Å². The van der Waals surface area contributed by atoms with Crippen molar-refractivity contribution in [2.24, 2.45) is 5.92 Å². The minimum atomic E-state index is -3.67. The zero-order valence-corrected chi connectivity index (χ0v) is 18.4. The first-order valence-electron chi connectivity index (χ1n) is 10.0. The summed E-state index contributed by atoms with van der Waals surface area (Å²) in [6.07, 6.45) is 1.29. The van der Waals surface area contributed by atoms with Crippen molar-refractivity contribution in [1.29, 1.82) is 0 Å². The van der Waals surface area contributed by atoms with Crippen LogP contribution < -0.4 is 14.4 Å². The highest BCUT2D eigenvalue weighted by atomic mass is 32.2. The third-order valence-electron chi connectivity index (χ3n) is 5.28. The number of ether oxygens (including phenoxy) is 2. The Morgan fingerprint density at radius 1 is 1.17 bits per heavy atom. The number of carbonyl (C=O) groups is 1. The Hall–Kier alpha value is -2.58. The van der Waals surface area contributed by atoms with Crippen LogP contribution in [0.2, 0.25) is 0 Å². The summed E-state index contributed by atoms with van der Waals surface area (Å²) in [4.78, 5) is 14.8. The predicted molar refractivity (Wildman–Crippen MR) is 115 cm³/mol. The SMILES string of the molecule is CCOc1ccc(S(=O)(=O)N2CCC[C@@H](C(=O)N(C)c3cccc(OC)c3)C2)cc1. The molecule has 1 aliphatic heterocycles. The molecule has 1 atom stereocenters. The molecule has 7 nitrogen and oxygen atoms in total. The van der Waals surface area contributed by atoms with Gasteiger partial charge in [0, 0.05) is 31.9 Å². The second-order valence-corrected chi connectivity index (χ2v) is 9.14. The molecule has 1 amide bonds. The summed E-state index contributed by atoms with van der Waals surface area (Å²) in [6, 6.07) is 13.7. The van der Waals surface area contributed by atoms with Crippen molar-refractivity contribution in [2.45, 2.75) is 24.7 Å². The molecule has 1 saturated heterocycles. The number of hydrogen-bond donors (Lipinski definition) is 0. The van der Waals surface area contributed by atoms with E-state index >= 15 is 0 Å². The topological polar surface area (TPSA) is 76.2 Å². The highest BCUT2D eigenvalue weighted by Crippen LogP contribution is 2.28. The first-order valence-corrected chi connectivity index (χ1v) is 11.5. The van der Waals surface area contributed by atoms with E-state index in [0.717, 1.165) is 0 Å². The second-order valence-electron chi connectivity index (χ2n) is 7.21. The van der Waals surface area contributed by atoms with Crippen LogP contribution in [0, 0.1) is 5.92 Å². The maximum absolute atomic E-state index is 13.1. The van der Waals surface area contributed by atoms with E-state index in [9.17, 15) is 13.2 Å². The van der Waals surface area contributed by atoms with Gasteiger partial charge in [0.15, 0.2) is 0 Å². The van der Waals surface area contributed by atoms with E-state index < -0.39 is 15.9 Å². The number of piperidine rings is 1. The van der Waals surface area contributed by atoms with Crippen LogP contribution in [0.1, 0.15) is 19.8 Å². The average Bonchev–Trinajstić information content (AvgIpc) is 2.78. The highest BCUT2D eigenvalue weighted by molar-refractivity contribution is 7.89. The number of anilines is 1. The van der Waals surface area contributed by atoms with Crippen LogP contribution >= 0.6 is 0 Å². The van der Waals surface area contributed by atoms with Crippen molar-refractivity contribution in [3.05, 3.63) is 48.5 Å². The quantitative estimate of drug-likeness (QED) is 0.672. The van der Waals surface area contributed by atoms with Crippen molar-refractivity contribution in [2.75, 3.05) is 38.8 Å². The van der Waals surface area contributed by atoms with Gasteiger partial charge in [-0.05, 0) is 56.2 Å². The lowest BCUT2D eigenvalue weighted by molar-refractivity contribution is -0.123. The lowest BCUT2D eigenvalue weighted by Gasteiger charge is -2.33. The summed E-state index contributed by atoms with van der Waals surface area (Å²) in [5.74, 6) is 0.792. The zero-order valence-electron chi connectivity index (χ0n) is 17.6. The van der Waals surface area contributed by atoms with E-state index in [1.54, 1.807) is 49.4 Å². The molecule has 162 valence electrons. The van der Waals surface area contributed by atoms with Gasteiger partial charge in [-0.1, -0.05) is 6.07 Å². The molecule has 0 aliphatic carbocycles. The maximum atomic E-state index is 13.1. The lowest BCUT2D eigenvalue weighted by atomic mass is 9.98. The van der Waals surface area contributed by atoms with Gasteiger partial charge in [0.05, 0.1) is 24.5 Å². The molecule has 0 N–H and O–H groups in total. The van der Waals surface area contributed by atoms with Crippen LogP contribution in [0.5, 0.6) is 11.5 Å². The van der Waals surface area contributed by atoms with Crippen LogP contribution in [-0.4, -0.2) is 52.5 Å². The molecular weight excluding hydrogens is 404 g/mol. The van der Waals surface area contributed by atoms with Gasteiger partial charge >= 0.3 is 0 Å². The van der Waals surface area contributed by atoms with Gasteiger partial charge in [0.1, 0.15) is 11.5 Å². The molecule has 1 fully saturated rings. The third kappa shape index (κ3) is 4.76. The number of sulfonamides is 1. The Morgan fingerprint density at radius 2 is 1.90 bits per heavy atom. The van der Waals surface area contributed by atoms with E-state index in [2.05, 4.69) is 0 Å². The molecule has 0 spiro atoms. The normalized spacial score (nSPS) is 17.4. The summed E-state index contributed by atoms with van der Waals surface area (Å²) in [7, 11) is -0.394. The second kappa shape index (κ2) is 9.49. The zero-order chi connectivity index (χ0) is 21.7. The van der Waals surface area contributed by atoms with E-state index in [1.165, 1.54) is 4.31 Å². The first kappa shape index (κ1) is 22.1. The summed E-state index contributed by atoms with van der Waals surface area (Å²) < 4.78 is 38.2. The number of benzene rings is 2. The van der Waals surface area contributed by atoms with Gasteiger partial charge in [0.25, 0.3) is 0 Å². The Labute approximate surface area is 178 Å². The molecule has 2 aromatic rings. The fraction of sp³-hybridized carbons (Fsp3) is 0.409. The molecule has 2 aromatic carbocycles. The number of rotatable bonds is 7. The maximum Gasteiger partial charge on any atom is 0.243 e. The Kier molecular flexibility index (Phi) is 6.99. The number of methoxy groups -OCH3 is 1. The fourth-order valence-electron chi connectivity index (χ4n) is 3.61. The van der Waals surface area contributed by atoms with Gasteiger partial charge < -0.3 is 14.4 Å². The van der Waals surface area contributed by atoms with Crippen LogP contribution in [0.25, 0.3) is 0 Å². The van der Waals surface area contributed by atoms with Crippen molar-refractivity contribution < 1.29 is 22.7 Å². The molecule has 1 heterocycles. The summed E-state index contributed by atoms with van der Waals surface area (Å²) in [5.41, 5.74) is 0.714. The molecule has 1 aliphatic rings. The molecular formula is C22H28N2O5S. The molecule has 0 saturated carbocycles. The van der Waals surface area contributed by atoms with Crippen molar-refractivity contribution in [3.8, 4) is 11.5 Å². The minimum Gasteiger partial charge on any atom is -0.497 e. The van der Waals surface area contributed by atoms with Gasteiger partial charge in [-0.25, -0.2) is 8.42 Å². The first-order chi connectivity index (χ1) is 14.4. The standard InChI is InChI=1S/C22H28N2O5S/c1-4-29-19-10-12-21(13-11-19)30(26,27)24-14-6-7-17(16-24)22(25)23(2)18-8-5-9-20(15-18)28-3/h5,8-13,15,17H,4,6-7,14,16H2,1-3H3/t17-/m1/s1. The summed E-state index contributed by atoms with van der Waals surface area (Å²) in [6.45, 7) is 2.96. The van der Waals surface area contributed by atoms with Crippen molar-refractivity contribution >= 4 is 21.6 Å². The van der Waals surface area contributed by atoms with Crippen LogP contribution in [0.3, 0.4) is 0 Å².